The summed E-state index contributed by atoms with van der Waals surface area (Å²) in [4.78, 5) is 12.5. The Hall–Kier alpha value is -3.24. The smallest absolute Gasteiger partial charge is 0.279 e. The number of nitrogens with one attached hydrogen (secondary N) is 1. The van der Waals surface area contributed by atoms with Gasteiger partial charge in [-0.05, 0) is 37.3 Å². The first-order valence-corrected chi connectivity index (χ1v) is 11.0. The fourth-order valence-electron chi connectivity index (χ4n) is 2.72. The summed E-state index contributed by atoms with van der Waals surface area (Å²) in [6, 6.07) is 12.9. The number of aliphatic hydroxyl groups is 1. The number of carbonyl (C=O) groups excluding carboxylic acids is 1. The van der Waals surface area contributed by atoms with E-state index in [9.17, 15) is 18.3 Å². The van der Waals surface area contributed by atoms with Crippen LogP contribution < -0.4 is 10.1 Å². The predicted octanol–water partition coefficient (Wildman–Crippen LogP) is 4.24. The molecule has 9 nitrogen and oxygen atoms in total. The number of hydrogen-bond donors (Lipinski definition) is 2. The molecule has 0 bridgehead atoms. The number of nitrogens with zero attached hydrogens (tertiary/aromatic N) is 3. The van der Waals surface area contributed by atoms with Crippen molar-refractivity contribution < 1.29 is 23.1 Å². The van der Waals surface area contributed by atoms with E-state index >= 15 is 0 Å². The van der Waals surface area contributed by atoms with E-state index in [0.717, 1.165) is 0 Å². The molecule has 31 heavy (non-hydrogen) atoms. The highest BCUT2D eigenvalue weighted by atomic mass is 32.2. The molecular weight excluding hydrogens is 420 g/mol. The van der Waals surface area contributed by atoms with Crippen molar-refractivity contribution in [1.29, 1.82) is 0 Å². The van der Waals surface area contributed by atoms with Crippen LogP contribution >= 0.6 is 0 Å². The maximum Gasteiger partial charge on any atom is 0.279 e. The van der Waals surface area contributed by atoms with E-state index < -0.39 is 15.9 Å². The molecular formula is C21H26N4O5S. The quantitative estimate of drug-likeness (QED) is 0.339. The van der Waals surface area contributed by atoms with Gasteiger partial charge in [0.05, 0.1) is 12.0 Å². The van der Waals surface area contributed by atoms with Crippen molar-refractivity contribution in [2.75, 3.05) is 25.5 Å². The molecule has 0 aliphatic carbocycles. The summed E-state index contributed by atoms with van der Waals surface area (Å²) in [7, 11) is -2.32. The van der Waals surface area contributed by atoms with E-state index in [-0.39, 0.29) is 27.8 Å². The first-order chi connectivity index (χ1) is 14.7. The van der Waals surface area contributed by atoms with Gasteiger partial charge in [0, 0.05) is 18.8 Å². The number of benzene rings is 2. The summed E-state index contributed by atoms with van der Waals surface area (Å²) in [5.74, 6) is -0.746. The Labute approximate surface area is 182 Å². The lowest BCUT2D eigenvalue weighted by molar-refractivity contribution is -0.113. The summed E-state index contributed by atoms with van der Waals surface area (Å²) < 4.78 is 32.2. The molecule has 0 atom stereocenters. The molecule has 0 radical (unpaired) electrons. The molecule has 10 heteroatoms. The van der Waals surface area contributed by atoms with Crippen LogP contribution in [0.3, 0.4) is 0 Å². The normalized spacial score (nSPS) is 12.7. The SMILES string of the molecule is CCN(CC)S(=O)(=O)c1ccc(OC)c(N=N/C(C(=O)Nc2ccccc2)=C(\C)O)c1. The molecule has 166 valence electrons. The number of methoxy groups -OCH3 is 1. The minimum absolute atomic E-state index is 0.0194. The predicted molar refractivity (Wildman–Crippen MR) is 118 cm³/mol. The molecule has 0 saturated heterocycles. The van der Waals surface area contributed by atoms with Crippen LogP contribution in [0.1, 0.15) is 20.8 Å². The van der Waals surface area contributed by atoms with Crippen LogP contribution in [0.15, 0.2) is 75.1 Å². The number of azo groups is 1. The Morgan fingerprint density at radius 3 is 2.32 bits per heavy atom. The summed E-state index contributed by atoms with van der Waals surface area (Å²) in [5.41, 5.74) is 0.302. The van der Waals surface area contributed by atoms with Crippen molar-refractivity contribution in [3.8, 4) is 5.75 Å². The van der Waals surface area contributed by atoms with Gasteiger partial charge < -0.3 is 15.2 Å². The Balaban J connectivity index is 2.40. The van der Waals surface area contributed by atoms with E-state index in [0.29, 0.717) is 18.8 Å². The monoisotopic (exact) mass is 446 g/mol. The van der Waals surface area contributed by atoms with Crippen molar-refractivity contribution in [1.82, 2.24) is 4.31 Å². The van der Waals surface area contributed by atoms with E-state index in [4.69, 9.17) is 4.74 Å². The second kappa shape index (κ2) is 10.7. The molecule has 0 fully saturated rings. The Morgan fingerprint density at radius 2 is 1.77 bits per heavy atom. The molecule has 0 unspecified atom stereocenters. The molecule has 2 aromatic rings. The number of carbonyl (C=O) groups is 1. The molecule has 0 aromatic heterocycles. The molecule has 1 amide bonds. The second-order valence-electron chi connectivity index (χ2n) is 6.38. The topological polar surface area (TPSA) is 121 Å². The number of amides is 1. The van der Waals surface area contributed by atoms with Gasteiger partial charge in [0.15, 0.2) is 5.70 Å². The number of rotatable bonds is 9. The van der Waals surface area contributed by atoms with Crippen molar-refractivity contribution in [2.45, 2.75) is 25.7 Å². The number of allylic oxidation sites excluding steroid dienone is 1. The Bertz CT molecular complexity index is 1070. The fourth-order valence-corrected chi connectivity index (χ4v) is 4.20. The van der Waals surface area contributed by atoms with Gasteiger partial charge in [-0.25, -0.2) is 8.42 Å². The van der Waals surface area contributed by atoms with Crippen LogP contribution in [-0.2, 0) is 14.8 Å². The highest BCUT2D eigenvalue weighted by Gasteiger charge is 2.23. The molecule has 0 aliphatic rings. The summed E-state index contributed by atoms with van der Waals surface area (Å²) in [6.45, 7) is 5.43. The summed E-state index contributed by atoms with van der Waals surface area (Å²) in [5, 5.41) is 20.4. The highest BCUT2D eigenvalue weighted by Crippen LogP contribution is 2.32. The zero-order chi connectivity index (χ0) is 23.0. The minimum atomic E-state index is -3.73. The van der Waals surface area contributed by atoms with Gasteiger partial charge in [-0.3, -0.25) is 4.79 Å². The van der Waals surface area contributed by atoms with E-state index in [1.165, 1.54) is 36.5 Å². The molecule has 0 aliphatic heterocycles. The minimum Gasteiger partial charge on any atom is -0.510 e. The van der Waals surface area contributed by atoms with Crippen molar-refractivity contribution >= 4 is 27.3 Å². The third kappa shape index (κ3) is 5.89. The number of anilines is 1. The lowest BCUT2D eigenvalue weighted by atomic mass is 10.3. The van der Waals surface area contributed by atoms with Crippen LogP contribution in [0, 0.1) is 0 Å². The average molecular weight is 447 g/mol. The third-order valence-electron chi connectivity index (χ3n) is 4.34. The summed E-state index contributed by atoms with van der Waals surface area (Å²) in [6.07, 6.45) is 0. The third-order valence-corrected chi connectivity index (χ3v) is 6.39. The first-order valence-electron chi connectivity index (χ1n) is 9.60. The molecule has 2 aromatic carbocycles. The first kappa shape index (κ1) is 24.0. The van der Waals surface area contributed by atoms with Gasteiger partial charge in [-0.2, -0.15) is 4.31 Å². The molecule has 2 rings (SSSR count). The Kier molecular flexibility index (Phi) is 8.29. The lowest BCUT2D eigenvalue weighted by Crippen LogP contribution is -2.30. The highest BCUT2D eigenvalue weighted by molar-refractivity contribution is 7.89. The number of ether oxygens (including phenoxy) is 1. The maximum atomic E-state index is 12.8. The molecule has 0 heterocycles. The van der Waals surface area contributed by atoms with Crippen LogP contribution in [0.2, 0.25) is 0 Å². The molecule has 0 saturated carbocycles. The number of hydrogen-bond acceptors (Lipinski definition) is 7. The van der Waals surface area contributed by atoms with Crippen molar-refractivity contribution in [3.63, 3.8) is 0 Å². The van der Waals surface area contributed by atoms with Crippen molar-refractivity contribution in [3.05, 3.63) is 60.0 Å². The fraction of sp³-hybridized carbons (Fsp3) is 0.286. The van der Waals surface area contributed by atoms with Gasteiger partial charge in [0.25, 0.3) is 5.91 Å². The molecule has 0 spiro atoms. The maximum absolute atomic E-state index is 12.8. The summed E-state index contributed by atoms with van der Waals surface area (Å²) >= 11 is 0. The van der Waals surface area contributed by atoms with Gasteiger partial charge in [0.2, 0.25) is 10.0 Å². The lowest BCUT2D eigenvalue weighted by Gasteiger charge is -2.18. The van der Waals surface area contributed by atoms with Crippen LogP contribution in [0.5, 0.6) is 5.75 Å². The van der Waals surface area contributed by atoms with Crippen LogP contribution in [0.4, 0.5) is 11.4 Å². The van der Waals surface area contributed by atoms with Crippen LogP contribution in [0.25, 0.3) is 0 Å². The van der Waals surface area contributed by atoms with Gasteiger partial charge in [-0.1, -0.05) is 32.0 Å². The van der Waals surface area contributed by atoms with E-state index in [2.05, 4.69) is 15.5 Å². The number of sulfonamides is 1. The average Bonchev–Trinajstić information content (AvgIpc) is 2.74. The second-order valence-corrected chi connectivity index (χ2v) is 8.32. The Morgan fingerprint density at radius 1 is 1.13 bits per heavy atom. The van der Waals surface area contributed by atoms with Crippen LogP contribution in [-0.4, -0.2) is 43.9 Å². The van der Waals surface area contributed by atoms with E-state index in [1.807, 2.05) is 0 Å². The van der Waals surface area contributed by atoms with Crippen molar-refractivity contribution in [2.24, 2.45) is 10.2 Å². The number of aliphatic hydroxyl groups excluding tert-OH is 1. The largest absolute Gasteiger partial charge is 0.510 e. The zero-order valence-electron chi connectivity index (χ0n) is 17.9. The van der Waals surface area contributed by atoms with Gasteiger partial charge in [-0.15, -0.1) is 10.2 Å². The van der Waals surface area contributed by atoms with E-state index in [1.54, 1.807) is 44.2 Å². The van der Waals surface area contributed by atoms with Gasteiger partial charge in [0.1, 0.15) is 17.2 Å². The zero-order valence-corrected chi connectivity index (χ0v) is 18.7. The standard InChI is InChI=1S/C21H26N4O5S/c1-5-25(6-2)31(28,29)17-12-13-19(30-4)18(14-17)23-24-20(15(3)26)21(27)22-16-10-8-7-9-11-16/h7-14,26H,5-6H2,1-4H3,(H,22,27)/b20-15+,24-23?. The van der Waals surface area contributed by atoms with Gasteiger partial charge >= 0.3 is 0 Å². The number of para-hydroxylation sites is 1. The molecule has 2 N–H and O–H groups in total.